The molecule has 1 spiro atoms. The van der Waals surface area contributed by atoms with Gasteiger partial charge in [0, 0.05) is 12.5 Å². The van der Waals surface area contributed by atoms with Gasteiger partial charge in [0.2, 0.25) is 0 Å². The molecule has 0 aromatic carbocycles. The molecule has 4 nitrogen and oxygen atoms in total. The average Bonchev–Trinajstić information content (AvgIpc) is 2.87. The van der Waals surface area contributed by atoms with Gasteiger partial charge in [0.25, 0.3) is 0 Å². The van der Waals surface area contributed by atoms with Gasteiger partial charge in [-0.2, -0.15) is 5.11 Å². The summed E-state index contributed by atoms with van der Waals surface area (Å²) >= 11 is 0. The van der Waals surface area contributed by atoms with Crippen LogP contribution in [0.5, 0.6) is 0 Å². The zero-order valence-electron chi connectivity index (χ0n) is 8.22. The monoisotopic (exact) mass is 193 g/mol. The summed E-state index contributed by atoms with van der Waals surface area (Å²) < 4.78 is 6.09. The van der Waals surface area contributed by atoms with E-state index in [0.29, 0.717) is 12.0 Å². The first-order valence-corrected chi connectivity index (χ1v) is 5.73. The van der Waals surface area contributed by atoms with Crippen LogP contribution in [0.15, 0.2) is 10.3 Å². The van der Waals surface area contributed by atoms with Crippen molar-refractivity contribution in [1.29, 1.82) is 0 Å². The van der Waals surface area contributed by atoms with E-state index in [1.54, 1.807) is 0 Å². The van der Waals surface area contributed by atoms with E-state index in [0.717, 1.165) is 25.5 Å². The molecular formula is C10H15N3O. The summed E-state index contributed by atoms with van der Waals surface area (Å²) in [6.07, 6.45) is 5.08. The molecule has 0 radical (unpaired) electrons. The molecule has 14 heavy (non-hydrogen) atoms. The minimum atomic E-state index is -0.0822. The molecule has 2 heterocycles. The molecule has 2 aliphatic heterocycles. The molecule has 0 unspecified atom stereocenters. The van der Waals surface area contributed by atoms with Crippen LogP contribution in [0.2, 0.25) is 0 Å². The summed E-state index contributed by atoms with van der Waals surface area (Å²) in [7, 11) is 0. The van der Waals surface area contributed by atoms with Crippen molar-refractivity contribution in [2.75, 3.05) is 13.2 Å². The molecule has 4 heteroatoms. The largest absolute Gasteiger partial charge is 0.351 e. The predicted molar refractivity (Wildman–Crippen MR) is 49.5 cm³/mol. The molecule has 2 aliphatic carbocycles. The molecule has 4 rings (SSSR count). The first-order chi connectivity index (χ1) is 6.91. The second kappa shape index (κ2) is 2.30. The highest BCUT2D eigenvalue weighted by molar-refractivity contribution is 5.13. The van der Waals surface area contributed by atoms with Gasteiger partial charge in [0.1, 0.15) is 6.04 Å². The Morgan fingerprint density at radius 1 is 1.36 bits per heavy atom. The molecule has 0 aromatic rings. The van der Waals surface area contributed by atoms with E-state index in [2.05, 4.69) is 15.3 Å². The van der Waals surface area contributed by atoms with E-state index < -0.39 is 0 Å². The van der Waals surface area contributed by atoms with Crippen molar-refractivity contribution in [1.82, 2.24) is 5.01 Å². The Morgan fingerprint density at radius 2 is 2.36 bits per heavy atom. The standard InChI is InChI=1S/C10H15N3O/c1-4-13-10(14-5-1)8-3-2-7(6-8)9(10)11-12-13/h7-9H,1-6H2/t7-,8+,9+,10+/m0/s1. The molecule has 3 fully saturated rings. The van der Waals surface area contributed by atoms with E-state index in [1.807, 2.05) is 0 Å². The first kappa shape index (κ1) is 7.63. The zero-order chi connectivity index (χ0) is 9.17. The maximum atomic E-state index is 6.09. The lowest BCUT2D eigenvalue weighted by Crippen LogP contribution is -2.59. The summed E-state index contributed by atoms with van der Waals surface area (Å²) in [4.78, 5) is 0. The normalized spacial score (nSPS) is 53.7. The second-order valence-corrected chi connectivity index (χ2v) is 5.00. The summed E-state index contributed by atoms with van der Waals surface area (Å²) in [6.45, 7) is 1.95. The number of rotatable bonds is 0. The molecule has 0 aromatic heterocycles. The number of hydrogen-bond donors (Lipinski definition) is 0. The van der Waals surface area contributed by atoms with Crippen LogP contribution >= 0.6 is 0 Å². The molecule has 0 amide bonds. The van der Waals surface area contributed by atoms with Crippen molar-refractivity contribution in [2.24, 2.45) is 22.2 Å². The van der Waals surface area contributed by atoms with Crippen LogP contribution in [0.4, 0.5) is 0 Å². The van der Waals surface area contributed by atoms with Gasteiger partial charge in [0.05, 0.1) is 6.61 Å². The van der Waals surface area contributed by atoms with Gasteiger partial charge in [-0.05, 0) is 31.6 Å². The van der Waals surface area contributed by atoms with E-state index >= 15 is 0 Å². The van der Waals surface area contributed by atoms with E-state index in [4.69, 9.17) is 4.74 Å². The molecule has 0 N–H and O–H groups in total. The Balaban J connectivity index is 1.80. The average molecular weight is 193 g/mol. The van der Waals surface area contributed by atoms with Crippen LogP contribution in [0.1, 0.15) is 25.7 Å². The van der Waals surface area contributed by atoms with Gasteiger partial charge in [-0.1, -0.05) is 5.22 Å². The van der Waals surface area contributed by atoms with Gasteiger partial charge in [-0.15, -0.1) is 0 Å². The fraction of sp³-hybridized carbons (Fsp3) is 1.00. The molecule has 1 saturated heterocycles. The van der Waals surface area contributed by atoms with Crippen LogP contribution in [-0.2, 0) is 4.74 Å². The fourth-order valence-corrected chi connectivity index (χ4v) is 3.93. The van der Waals surface area contributed by atoms with Crippen LogP contribution in [0.25, 0.3) is 0 Å². The van der Waals surface area contributed by atoms with Gasteiger partial charge >= 0.3 is 0 Å². The van der Waals surface area contributed by atoms with E-state index in [9.17, 15) is 0 Å². The molecule has 4 atom stereocenters. The number of ether oxygens (including phenoxy) is 1. The highest BCUT2D eigenvalue weighted by atomic mass is 16.5. The third kappa shape index (κ3) is 0.649. The van der Waals surface area contributed by atoms with Crippen molar-refractivity contribution in [3.8, 4) is 0 Å². The topological polar surface area (TPSA) is 37.2 Å². The fourth-order valence-electron chi connectivity index (χ4n) is 3.93. The van der Waals surface area contributed by atoms with Crippen molar-refractivity contribution >= 4 is 0 Å². The molecular weight excluding hydrogens is 178 g/mol. The SMILES string of the molecule is C1CO[C@]23[C@@H]4CC[C@@H](C4)[C@H]2N=NN3C1. The first-order valence-electron chi connectivity index (χ1n) is 5.73. The Hall–Kier alpha value is -0.640. The minimum absolute atomic E-state index is 0.0822. The van der Waals surface area contributed by atoms with Crippen LogP contribution in [0, 0.1) is 11.8 Å². The van der Waals surface area contributed by atoms with Crippen molar-refractivity contribution in [3.63, 3.8) is 0 Å². The summed E-state index contributed by atoms with van der Waals surface area (Å²) in [5.74, 6) is 1.46. The van der Waals surface area contributed by atoms with Crippen LogP contribution in [-0.4, -0.2) is 29.9 Å². The third-order valence-corrected chi connectivity index (χ3v) is 4.46. The van der Waals surface area contributed by atoms with Gasteiger partial charge in [0.15, 0.2) is 5.72 Å². The maximum absolute atomic E-state index is 6.09. The zero-order valence-corrected chi connectivity index (χ0v) is 8.22. The summed E-state index contributed by atoms with van der Waals surface area (Å²) in [6, 6.07) is 0.363. The van der Waals surface area contributed by atoms with Crippen LogP contribution < -0.4 is 0 Å². The van der Waals surface area contributed by atoms with Crippen molar-refractivity contribution in [2.45, 2.75) is 37.5 Å². The van der Waals surface area contributed by atoms with Crippen LogP contribution in [0.3, 0.4) is 0 Å². The molecule has 2 bridgehead atoms. The summed E-state index contributed by atoms with van der Waals surface area (Å²) in [5.41, 5.74) is -0.0822. The number of fused-ring (bicyclic) bond motifs is 3. The number of nitrogens with zero attached hydrogens (tertiary/aromatic N) is 3. The second-order valence-electron chi connectivity index (χ2n) is 5.00. The maximum Gasteiger partial charge on any atom is 0.185 e. The van der Waals surface area contributed by atoms with E-state index in [-0.39, 0.29) is 5.72 Å². The molecule has 4 aliphatic rings. The third-order valence-electron chi connectivity index (χ3n) is 4.46. The quantitative estimate of drug-likeness (QED) is 0.585. The Labute approximate surface area is 83.3 Å². The van der Waals surface area contributed by atoms with Gasteiger partial charge in [-0.3, -0.25) is 0 Å². The highest BCUT2D eigenvalue weighted by Crippen LogP contribution is 2.58. The number of hydrogen-bond acceptors (Lipinski definition) is 4. The highest BCUT2D eigenvalue weighted by Gasteiger charge is 2.66. The lowest BCUT2D eigenvalue weighted by atomic mass is 9.86. The molecule has 2 saturated carbocycles. The minimum Gasteiger partial charge on any atom is -0.351 e. The van der Waals surface area contributed by atoms with Gasteiger partial charge in [-0.25, -0.2) is 5.01 Å². The Kier molecular flexibility index (Phi) is 1.25. The van der Waals surface area contributed by atoms with Crippen molar-refractivity contribution in [3.05, 3.63) is 0 Å². The predicted octanol–water partition coefficient (Wildman–Crippen LogP) is 1.58. The van der Waals surface area contributed by atoms with Crippen molar-refractivity contribution < 1.29 is 4.74 Å². The Bertz CT molecular complexity index is 306. The molecule has 76 valence electrons. The van der Waals surface area contributed by atoms with E-state index in [1.165, 1.54) is 19.3 Å². The lowest BCUT2D eigenvalue weighted by molar-refractivity contribution is -0.205. The lowest BCUT2D eigenvalue weighted by Gasteiger charge is -2.45. The van der Waals surface area contributed by atoms with Gasteiger partial charge < -0.3 is 4.74 Å². The summed E-state index contributed by atoms with van der Waals surface area (Å²) in [5, 5.41) is 10.9. The smallest absolute Gasteiger partial charge is 0.185 e. The Morgan fingerprint density at radius 3 is 3.36 bits per heavy atom.